The Morgan fingerprint density at radius 1 is 0.536 bits per heavy atom. The van der Waals surface area contributed by atoms with Gasteiger partial charge in [0.2, 0.25) is 0 Å². The maximum atomic E-state index is 3.64. The Kier molecular flexibility index (Phi) is 27.3. The zero-order valence-electron chi connectivity index (χ0n) is 35.9. The normalized spacial score (nSPS) is 10.4. The van der Waals surface area contributed by atoms with Crippen LogP contribution in [0.1, 0.15) is 82.7 Å². The van der Waals surface area contributed by atoms with E-state index < -0.39 is 0 Å². The van der Waals surface area contributed by atoms with Gasteiger partial charge in [-0.25, -0.2) is 0 Å². The molecule has 0 heterocycles. The van der Waals surface area contributed by atoms with Crippen LogP contribution in [0.2, 0.25) is 0 Å². The lowest BCUT2D eigenvalue weighted by Crippen LogP contribution is -1.79. The minimum Gasteiger partial charge on any atom is -0.0991 e. The first-order chi connectivity index (χ1) is 27.4. The van der Waals surface area contributed by atoms with Crippen LogP contribution in [-0.2, 0) is 12.8 Å². The van der Waals surface area contributed by atoms with Crippen molar-refractivity contribution in [2.75, 3.05) is 0 Å². The second-order valence-corrected chi connectivity index (χ2v) is 12.6. The summed E-state index contributed by atoms with van der Waals surface area (Å²) >= 11 is 0. The fourth-order valence-corrected chi connectivity index (χ4v) is 5.28. The average Bonchev–Trinajstić information content (AvgIpc) is 3.26. The minimum absolute atomic E-state index is 1.14. The number of fused-ring (bicyclic) bond motifs is 1. The summed E-state index contributed by atoms with van der Waals surface area (Å²) in [5, 5.41) is 2.68. The third kappa shape index (κ3) is 20.7. The monoisotopic (exact) mass is 741 g/mol. The number of rotatable bonds is 9. The predicted molar refractivity (Wildman–Crippen MR) is 256 cm³/mol. The molecule has 0 atom stereocenters. The Bertz CT molecular complexity index is 1960. The zero-order valence-corrected chi connectivity index (χ0v) is 35.9. The van der Waals surface area contributed by atoms with Crippen molar-refractivity contribution >= 4 is 16.8 Å². The average molecular weight is 741 g/mol. The van der Waals surface area contributed by atoms with E-state index in [0.717, 1.165) is 6.42 Å². The van der Waals surface area contributed by atoms with Gasteiger partial charge < -0.3 is 0 Å². The molecule has 6 aromatic carbocycles. The molecule has 6 rings (SSSR count). The molecule has 0 aromatic heterocycles. The highest BCUT2D eigenvalue weighted by Crippen LogP contribution is 2.21. The summed E-state index contributed by atoms with van der Waals surface area (Å²) in [5.74, 6) is 0. The first-order valence-electron chi connectivity index (χ1n) is 20.4. The lowest BCUT2D eigenvalue weighted by atomic mass is 10.0. The Hall–Kier alpha value is -5.72. The van der Waals surface area contributed by atoms with Crippen LogP contribution in [0.15, 0.2) is 206 Å². The topological polar surface area (TPSA) is 0 Å². The molecule has 0 nitrogen and oxygen atoms in total. The molecule has 6 aromatic rings. The van der Waals surface area contributed by atoms with E-state index in [1.807, 2.05) is 52.0 Å². The van der Waals surface area contributed by atoms with Crippen LogP contribution in [0.5, 0.6) is 0 Å². The molecule has 56 heavy (non-hydrogen) atoms. The van der Waals surface area contributed by atoms with Gasteiger partial charge in [0.15, 0.2) is 0 Å². The molecule has 0 radical (unpaired) electrons. The van der Waals surface area contributed by atoms with Crippen molar-refractivity contribution < 1.29 is 0 Å². The van der Waals surface area contributed by atoms with E-state index in [0.29, 0.717) is 0 Å². The highest BCUT2D eigenvalue weighted by atomic mass is 14.0. The number of hydrogen-bond acceptors (Lipinski definition) is 0. The van der Waals surface area contributed by atoms with Gasteiger partial charge in [-0.1, -0.05) is 266 Å². The van der Waals surface area contributed by atoms with E-state index in [1.54, 1.807) is 6.08 Å². The minimum atomic E-state index is 1.14. The molecular weight excluding hydrogens is 673 g/mol. The van der Waals surface area contributed by atoms with Crippen molar-refractivity contribution in [2.45, 2.75) is 81.6 Å². The summed E-state index contributed by atoms with van der Waals surface area (Å²) in [7, 11) is 0. The molecule has 0 bridgehead atoms. The molecule has 0 heteroatoms. The Labute approximate surface area is 342 Å². The van der Waals surface area contributed by atoms with Gasteiger partial charge in [0, 0.05) is 0 Å². The summed E-state index contributed by atoms with van der Waals surface area (Å²) in [5.41, 5.74) is 10.4. The van der Waals surface area contributed by atoms with Crippen molar-refractivity contribution in [3.63, 3.8) is 0 Å². The summed E-state index contributed by atoms with van der Waals surface area (Å²) < 4.78 is 0. The SMILES string of the molecule is C=C\C=C/C=C\C(C)=C\C=C/c1ccc(-c2ccc(C)cc2)cc1.CC.CC.CCCc1ccccc1.CCc1ccccc1.Cc1cccc2ccccc12. The van der Waals surface area contributed by atoms with Crippen LogP contribution in [0, 0.1) is 13.8 Å². The number of benzene rings is 6. The van der Waals surface area contributed by atoms with E-state index in [9.17, 15) is 0 Å². The van der Waals surface area contributed by atoms with Crippen LogP contribution < -0.4 is 0 Å². The number of allylic oxidation sites excluding steroid dienone is 8. The Morgan fingerprint density at radius 2 is 1.07 bits per heavy atom. The van der Waals surface area contributed by atoms with Gasteiger partial charge in [0.25, 0.3) is 0 Å². The van der Waals surface area contributed by atoms with Crippen LogP contribution >= 0.6 is 0 Å². The van der Waals surface area contributed by atoms with Gasteiger partial charge in [-0.15, -0.1) is 0 Å². The molecule has 0 N–H and O–H groups in total. The van der Waals surface area contributed by atoms with Crippen molar-refractivity contribution in [1.82, 2.24) is 0 Å². The van der Waals surface area contributed by atoms with Crippen LogP contribution in [0.4, 0.5) is 0 Å². The fourth-order valence-electron chi connectivity index (χ4n) is 5.28. The summed E-state index contributed by atoms with van der Waals surface area (Å²) in [6, 6.07) is 53.1. The van der Waals surface area contributed by atoms with Gasteiger partial charge in [0.05, 0.1) is 0 Å². The standard InChI is InChI=1S/C24H24.C11H10.C9H12.C8H10.2C2H6/c1-4-5-6-7-9-20(2)10-8-11-22-14-18-24(19-15-22)23-16-12-21(3)13-17-23;1-9-5-4-7-10-6-2-3-8-11(9)10;1-2-6-9-7-4-3-5-8-9;1-2-8-6-4-3-5-7-8;2*1-2/h4-19H,1H2,2-3H3;2-8H,1H3;3-5,7-8H,2,6H2,1H3;3-7H,2H2,1H3;2*1-2H3/b6-5-,9-7-,11-8-,20-10+;;;;;. The highest BCUT2D eigenvalue weighted by molar-refractivity contribution is 5.85. The molecule has 292 valence electrons. The maximum absolute atomic E-state index is 3.64. The second-order valence-electron chi connectivity index (χ2n) is 12.6. The van der Waals surface area contributed by atoms with E-state index in [4.69, 9.17) is 0 Å². The smallest absolute Gasteiger partial charge is 0.0155 e. The van der Waals surface area contributed by atoms with Gasteiger partial charge in [-0.2, -0.15) is 0 Å². The van der Waals surface area contributed by atoms with E-state index in [2.05, 4.69) is 211 Å². The van der Waals surface area contributed by atoms with Crippen molar-refractivity contribution in [1.29, 1.82) is 0 Å². The highest BCUT2D eigenvalue weighted by Gasteiger charge is 1.97. The third-order valence-corrected chi connectivity index (χ3v) is 8.30. The van der Waals surface area contributed by atoms with Crippen LogP contribution in [-0.4, -0.2) is 0 Å². The molecule has 0 spiro atoms. The molecule has 0 saturated heterocycles. The summed E-state index contributed by atoms with van der Waals surface area (Å²) in [6.45, 7) is 22.3. The largest absolute Gasteiger partial charge is 0.0991 e. The molecular formula is C56H68. The van der Waals surface area contributed by atoms with Gasteiger partial charge in [-0.3, -0.25) is 0 Å². The first-order valence-corrected chi connectivity index (χ1v) is 20.4. The van der Waals surface area contributed by atoms with E-state index >= 15 is 0 Å². The van der Waals surface area contributed by atoms with Crippen molar-refractivity contribution in [3.05, 3.63) is 234 Å². The lowest BCUT2D eigenvalue weighted by molar-refractivity contribution is 0.922. The molecule has 0 unspecified atom stereocenters. The van der Waals surface area contributed by atoms with Crippen molar-refractivity contribution in [2.24, 2.45) is 0 Å². The predicted octanol–water partition coefficient (Wildman–Crippen LogP) is 17.0. The molecule has 0 saturated carbocycles. The van der Waals surface area contributed by atoms with Gasteiger partial charge >= 0.3 is 0 Å². The lowest BCUT2D eigenvalue weighted by Gasteiger charge is -2.03. The molecule has 0 aliphatic heterocycles. The van der Waals surface area contributed by atoms with Gasteiger partial charge in [-0.05, 0) is 77.8 Å². The Morgan fingerprint density at radius 3 is 1.61 bits per heavy atom. The zero-order chi connectivity index (χ0) is 41.2. The van der Waals surface area contributed by atoms with Crippen LogP contribution in [0.25, 0.3) is 28.0 Å². The maximum Gasteiger partial charge on any atom is -0.0155 e. The summed E-state index contributed by atoms with van der Waals surface area (Å²) in [6.07, 6.45) is 19.6. The van der Waals surface area contributed by atoms with E-state index in [-0.39, 0.29) is 0 Å². The third-order valence-electron chi connectivity index (χ3n) is 8.30. The quantitative estimate of drug-likeness (QED) is 0.130. The fraction of sp³-hybridized carbons (Fsp3) is 0.214. The van der Waals surface area contributed by atoms with Gasteiger partial charge in [0.1, 0.15) is 0 Å². The van der Waals surface area contributed by atoms with Crippen LogP contribution in [0.3, 0.4) is 0 Å². The number of aryl methyl sites for hydroxylation is 4. The molecule has 0 amide bonds. The number of hydrogen-bond donors (Lipinski definition) is 0. The molecule has 0 fully saturated rings. The molecule has 0 aliphatic carbocycles. The Balaban J connectivity index is 0.000000404. The first kappa shape index (κ1) is 48.3. The summed E-state index contributed by atoms with van der Waals surface area (Å²) in [4.78, 5) is 0. The van der Waals surface area contributed by atoms with E-state index in [1.165, 1.54) is 68.1 Å². The molecule has 0 aliphatic rings. The van der Waals surface area contributed by atoms with Crippen molar-refractivity contribution in [3.8, 4) is 11.1 Å². The second kappa shape index (κ2) is 31.6.